The van der Waals surface area contributed by atoms with E-state index in [1.165, 1.54) is 0 Å². The second kappa shape index (κ2) is 6.95. The second-order valence-electron chi connectivity index (χ2n) is 3.91. The molecule has 1 aromatic rings. The van der Waals surface area contributed by atoms with Gasteiger partial charge in [-0.15, -0.1) is 12.4 Å². The monoisotopic (exact) mass is 291 g/mol. The van der Waals surface area contributed by atoms with Crippen LogP contribution in [-0.4, -0.2) is 42.3 Å². The number of aliphatic carboxylic acids is 1. The summed E-state index contributed by atoms with van der Waals surface area (Å²) in [6.07, 6.45) is 0. The lowest BCUT2D eigenvalue weighted by molar-refractivity contribution is -0.145. The number of nitrogens with zero attached hydrogens (tertiary/aromatic N) is 1. The van der Waals surface area contributed by atoms with Crippen molar-refractivity contribution in [3.8, 4) is 0 Å². The van der Waals surface area contributed by atoms with Gasteiger partial charge in [0.05, 0.1) is 13.2 Å². The number of benzene rings is 1. The van der Waals surface area contributed by atoms with Crippen LogP contribution in [0.4, 0.5) is 0 Å². The first kappa shape index (κ1) is 15.2. The van der Waals surface area contributed by atoms with Crippen molar-refractivity contribution < 1.29 is 14.6 Å². The largest absolute Gasteiger partial charge is 0.480 e. The highest BCUT2D eigenvalue weighted by Gasteiger charge is 2.30. The third kappa shape index (κ3) is 3.36. The zero-order chi connectivity index (χ0) is 12.3. The highest BCUT2D eigenvalue weighted by molar-refractivity contribution is 6.31. The molecule has 1 fully saturated rings. The van der Waals surface area contributed by atoms with Crippen molar-refractivity contribution in [2.75, 3.05) is 26.3 Å². The van der Waals surface area contributed by atoms with E-state index >= 15 is 0 Å². The molecule has 2 rings (SSSR count). The molecule has 0 aliphatic carbocycles. The number of ether oxygens (including phenoxy) is 1. The van der Waals surface area contributed by atoms with Crippen LogP contribution < -0.4 is 0 Å². The van der Waals surface area contributed by atoms with Gasteiger partial charge in [-0.05, 0) is 11.6 Å². The summed E-state index contributed by atoms with van der Waals surface area (Å²) in [4.78, 5) is 13.3. The Balaban J connectivity index is 0.00000162. The number of carboxylic acids is 1. The van der Waals surface area contributed by atoms with Crippen LogP contribution in [0, 0.1) is 0 Å². The van der Waals surface area contributed by atoms with E-state index in [1.807, 2.05) is 4.90 Å². The standard InChI is InChI=1S/C12H14ClNO3.ClH/c13-10-4-2-1-3-9(10)11(12(15)16)14-5-7-17-8-6-14;/h1-4,11H,5-8H2,(H,15,16);1H. The SMILES string of the molecule is Cl.O=C(O)C(c1ccccc1Cl)N1CCOCC1. The Hall–Kier alpha value is -0.810. The lowest BCUT2D eigenvalue weighted by Gasteiger charge is -2.32. The lowest BCUT2D eigenvalue weighted by Crippen LogP contribution is -2.42. The van der Waals surface area contributed by atoms with Crippen molar-refractivity contribution >= 4 is 30.0 Å². The van der Waals surface area contributed by atoms with Gasteiger partial charge < -0.3 is 9.84 Å². The van der Waals surface area contributed by atoms with Crippen LogP contribution in [-0.2, 0) is 9.53 Å². The molecule has 6 heteroatoms. The molecular formula is C12H15Cl2NO3. The molecule has 0 amide bonds. The number of halogens is 2. The zero-order valence-corrected chi connectivity index (χ0v) is 11.3. The van der Waals surface area contributed by atoms with Crippen LogP contribution in [0.5, 0.6) is 0 Å². The topological polar surface area (TPSA) is 49.8 Å². The average Bonchev–Trinajstić information content (AvgIpc) is 2.33. The van der Waals surface area contributed by atoms with Gasteiger partial charge in [0.15, 0.2) is 0 Å². The maximum Gasteiger partial charge on any atom is 0.325 e. The van der Waals surface area contributed by atoms with Gasteiger partial charge in [0, 0.05) is 18.1 Å². The predicted octanol–water partition coefficient (Wildman–Crippen LogP) is 2.22. The Morgan fingerprint density at radius 1 is 1.33 bits per heavy atom. The van der Waals surface area contributed by atoms with Crippen molar-refractivity contribution in [1.82, 2.24) is 4.90 Å². The molecule has 1 aromatic carbocycles. The maximum absolute atomic E-state index is 11.4. The number of carbonyl (C=O) groups is 1. The first-order valence-electron chi connectivity index (χ1n) is 5.49. The summed E-state index contributed by atoms with van der Waals surface area (Å²) in [5.41, 5.74) is 0.642. The van der Waals surface area contributed by atoms with Crippen LogP contribution in [0.2, 0.25) is 5.02 Å². The van der Waals surface area contributed by atoms with Crippen molar-refractivity contribution in [2.45, 2.75) is 6.04 Å². The lowest BCUT2D eigenvalue weighted by atomic mass is 10.0. The number of morpholine rings is 1. The molecule has 0 spiro atoms. The molecule has 1 saturated heterocycles. The fourth-order valence-corrected chi connectivity index (χ4v) is 2.26. The Labute approximate surface area is 117 Å². The van der Waals surface area contributed by atoms with Crippen LogP contribution >= 0.6 is 24.0 Å². The van der Waals surface area contributed by atoms with Crippen LogP contribution in [0.25, 0.3) is 0 Å². The van der Waals surface area contributed by atoms with E-state index in [0.717, 1.165) is 0 Å². The molecule has 1 aliphatic rings. The third-order valence-corrected chi connectivity index (χ3v) is 3.19. The highest BCUT2D eigenvalue weighted by atomic mass is 35.5. The number of carboxylic acid groups (broad SMARTS) is 1. The summed E-state index contributed by atoms with van der Waals surface area (Å²) in [6, 6.07) is 6.39. The Bertz CT molecular complexity index is 408. The fourth-order valence-electron chi connectivity index (χ4n) is 2.02. The van der Waals surface area contributed by atoms with Gasteiger partial charge in [0.2, 0.25) is 0 Å². The van der Waals surface area contributed by atoms with Crippen LogP contribution in [0.15, 0.2) is 24.3 Å². The molecule has 0 saturated carbocycles. The van der Waals surface area contributed by atoms with Crippen molar-refractivity contribution in [3.63, 3.8) is 0 Å². The van der Waals surface area contributed by atoms with Crippen molar-refractivity contribution in [3.05, 3.63) is 34.9 Å². The van der Waals surface area contributed by atoms with Gasteiger partial charge in [-0.3, -0.25) is 9.69 Å². The van der Waals surface area contributed by atoms with Gasteiger partial charge >= 0.3 is 5.97 Å². The van der Waals surface area contributed by atoms with Crippen molar-refractivity contribution in [1.29, 1.82) is 0 Å². The second-order valence-corrected chi connectivity index (χ2v) is 4.32. The van der Waals surface area contributed by atoms with E-state index in [4.69, 9.17) is 16.3 Å². The Kier molecular flexibility index (Phi) is 5.88. The normalized spacial score (nSPS) is 17.8. The minimum atomic E-state index is -0.875. The van der Waals surface area contributed by atoms with Crippen LogP contribution in [0.3, 0.4) is 0 Å². The first-order chi connectivity index (χ1) is 8.20. The molecule has 1 heterocycles. The van der Waals surface area contributed by atoms with Gasteiger partial charge in [-0.1, -0.05) is 29.8 Å². The summed E-state index contributed by atoms with van der Waals surface area (Å²) >= 11 is 6.06. The Morgan fingerprint density at radius 2 is 1.94 bits per heavy atom. The van der Waals surface area contributed by atoms with Gasteiger partial charge in [-0.2, -0.15) is 0 Å². The molecule has 0 aromatic heterocycles. The molecule has 1 aliphatic heterocycles. The van der Waals surface area contributed by atoms with Gasteiger partial charge in [0.25, 0.3) is 0 Å². The number of hydrogen-bond donors (Lipinski definition) is 1. The highest BCUT2D eigenvalue weighted by Crippen LogP contribution is 2.28. The molecule has 100 valence electrons. The third-order valence-electron chi connectivity index (χ3n) is 2.84. The van der Waals surface area contributed by atoms with Gasteiger partial charge in [-0.25, -0.2) is 0 Å². The quantitative estimate of drug-likeness (QED) is 0.928. The predicted molar refractivity (Wildman–Crippen MR) is 71.5 cm³/mol. The maximum atomic E-state index is 11.4. The van der Waals surface area contributed by atoms with Crippen molar-refractivity contribution in [2.24, 2.45) is 0 Å². The average molecular weight is 292 g/mol. The summed E-state index contributed by atoms with van der Waals surface area (Å²) in [6.45, 7) is 2.35. The number of hydrogen-bond acceptors (Lipinski definition) is 3. The molecule has 4 nitrogen and oxygen atoms in total. The molecule has 0 radical (unpaired) electrons. The minimum Gasteiger partial charge on any atom is -0.480 e. The van der Waals surface area contributed by atoms with Crippen LogP contribution in [0.1, 0.15) is 11.6 Å². The van der Waals surface area contributed by atoms with E-state index in [1.54, 1.807) is 24.3 Å². The molecule has 18 heavy (non-hydrogen) atoms. The molecule has 0 bridgehead atoms. The number of rotatable bonds is 3. The molecule has 1 atom stereocenters. The van der Waals surface area contributed by atoms with E-state index in [-0.39, 0.29) is 12.4 Å². The molecular weight excluding hydrogens is 277 g/mol. The summed E-state index contributed by atoms with van der Waals surface area (Å²) in [5, 5.41) is 9.85. The zero-order valence-electron chi connectivity index (χ0n) is 9.71. The van der Waals surface area contributed by atoms with E-state index in [0.29, 0.717) is 36.9 Å². The summed E-state index contributed by atoms with van der Waals surface area (Å²) in [7, 11) is 0. The van der Waals surface area contributed by atoms with E-state index in [2.05, 4.69) is 0 Å². The molecule has 1 N–H and O–H groups in total. The van der Waals surface area contributed by atoms with E-state index in [9.17, 15) is 9.90 Å². The molecule has 1 unspecified atom stereocenters. The Morgan fingerprint density at radius 3 is 2.50 bits per heavy atom. The first-order valence-corrected chi connectivity index (χ1v) is 5.87. The summed E-state index contributed by atoms with van der Waals surface area (Å²) in [5.74, 6) is -0.875. The summed E-state index contributed by atoms with van der Waals surface area (Å²) < 4.78 is 5.23. The minimum absolute atomic E-state index is 0. The smallest absolute Gasteiger partial charge is 0.325 e. The van der Waals surface area contributed by atoms with E-state index < -0.39 is 12.0 Å². The van der Waals surface area contributed by atoms with Gasteiger partial charge in [0.1, 0.15) is 6.04 Å². The fraction of sp³-hybridized carbons (Fsp3) is 0.417.